The Balaban J connectivity index is 1.83. The van der Waals surface area contributed by atoms with Crippen molar-refractivity contribution in [1.29, 1.82) is 0 Å². The zero-order valence-corrected chi connectivity index (χ0v) is 16.7. The highest BCUT2D eigenvalue weighted by molar-refractivity contribution is 14.1. The van der Waals surface area contributed by atoms with Crippen LogP contribution in [-0.4, -0.2) is 31.8 Å². The minimum atomic E-state index is -0.361. The van der Waals surface area contributed by atoms with Gasteiger partial charge >= 0.3 is 0 Å². The van der Waals surface area contributed by atoms with Crippen LogP contribution in [0, 0.1) is 10.5 Å². The number of benzene rings is 1. The average Bonchev–Trinajstić information content (AvgIpc) is 2.63. The monoisotopic (exact) mass is 474 g/mol. The van der Waals surface area contributed by atoms with Gasteiger partial charge in [0.1, 0.15) is 11.5 Å². The van der Waals surface area contributed by atoms with E-state index in [2.05, 4.69) is 53.2 Å². The van der Waals surface area contributed by atoms with E-state index in [0.29, 0.717) is 28.6 Å². The van der Waals surface area contributed by atoms with Crippen LogP contribution >= 0.6 is 22.6 Å². The normalized spacial score (nSPS) is 10.3. The first kappa shape index (κ1) is 18.8. The Morgan fingerprint density at radius 2 is 1.85 bits per heavy atom. The van der Waals surface area contributed by atoms with Crippen molar-refractivity contribution < 1.29 is 9.59 Å². The lowest BCUT2D eigenvalue weighted by molar-refractivity contribution is -0.114. The van der Waals surface area contributed by atoms with Gasteiger partial charge in [0, 0.05) is 22.3 Å². The van der Waals surface area contributed by atoms with E-state index >= 15 is 0 Å². The summed E-state index contributed by atoms with van der Waals surface area (Å²) in [5, 5.41) is 5.38. The van der Waals surface area contributed by atoms with Gasteiger partial charge in [-0.05, 0) is 59.8 Å². The maximum absolute atomic E-state index is 12.5. The molecule has 0 spiro atoms. The van der Waals surface area contributed by atoms with Crippen LogP contribution in [0.15, 0.2) is 42.6 Å². The Morgan fingerprint density at radius 3 is 2.52 bits per heavy atom. The minimum absolute atomic E-state index is 0.147. The van der Waals surface area contributed by atoms with Gasteiger partial charge in [-0.15, -0.1) is 0 Å². The van der Waals surface area contributed by atoms with Crippen LogP contribution in [0.25, 0.3) is 11.5 Å². The van der Waals surface area contributed by atoms with Crippen molar-refractivity contribution >= 4 is 46.0 Å². The van der Waals surface area contributed by atoms with Crippen LogP contribution < -0.4 is 10.6 Å². The lowest BCUT2D eigenvalue weighted by Gasteiger charge is -2.09. The largest absolute Gasteiger partial charge is 0.325 e. The maximum atomic E-state index is 12.5. The zero-order valence-electron chi connectivity index (χ0n) is 14.5. The average molecular weight is 474 g/mol. The predicted octanol–water partition coefficient (Wildman–Crippen LogP) is 3.06. The number of rotatable bonds is 4. The molecule has 8 nitrogen and oxygen atoms in total. The molecule has 2 aromatic heterocycles. The number of amides is 2. The number of aryl methyl sites for hydroxylation is 1. The molecule has 9 heteroatoms. The van der Waals surface area contributed by atoms with Crippen LogP contribution in [-0.2, 0) is 4.79 Å². The Hall–Kier alpha value is -2.95. The van der Waals surface area contributed by atoms with Crippen molar-refractivity contribution in [2.45, 2.75) is 13.8 Å². The van der Waals surface area contributed by atoms with E-state index < -0.39 is 0 Å². The number of nitrogens with zero attached hydrogens (tertiary/aromatic N) is 4. The molecule has 0 aliphatic carbocycles. The van der Waals surface area contributed by atoms with Crippen LogP contribution in [0.2, 0.25) is 0 Å². The number of hydrogen-bond acceptors (Lipinski definition) is 6. The molecule has 0 aliphatic rings. The summed E-state index contributed by atoms with van der Waals surface area (Å²) in [6.45, 7) is 3.15. The van der Waals surface area contributed by atoms with E-state index in [4.69, 9.17) is 0 Å². The molecule has 2 amide bonds. The molecule has 136 valence electrons. The lowest BCUT2D eigenvalue weighted by atomic mass is 10.2. The van der Waals surface area contributed by atoms with Gasteiger partial charge in [-0.1, -0.05) is 6.07 Å². The molecular formula is C18H15IN6O2. The second-order valence-corrected chi connectivity index (χ2v) is 6.74. The second kappa shape index (κ2) is 8.16. The maximum Gasteiger partial charge on any atom is 0.258 e. The summed E-state index contributed by atoms with van der Waals surface area (Å²) in [6.07, 6.45) is 1.64. The highest BCUT2D eigenvalue weighted by Gasteiger charge is 2.13. The summed E-state index contributed by atoms with van der Waals surface area (Å²) in [5.41, 5.74) is 1.66. The van der Waals surface area contributed by atoms with Crippen molar-refractivity contribution in [2.75, 3.05) is 10.6 Å². The molecule has 0 fully saturated rings. The van der Waals surface area contributed by atoms with Crippen molar-refractivity contribution in [2.24, 2.45) is 0 Å². The van der Waals surface area contributed by atoms with Gasteiger partial charge in [0.2, 0.25) is 11.9 Å². The number of nitrogens with one attached hydrogen (secondary N) is 2. The van der Waals surface area contributed by atoms with Crippen molar-refractivity contribution in [3.8, 4) is 11.5 Å². The van der Waals surface area contributed by atoms with Gasteiger partial charge < -0.3 is 5.32 Å². The van der Waals surface area contributed by atoms with E-state index in [1.54, 1.807) is 43.5 Å². The molecule has 0 atom stereocenters. The Bertz CT molecular complexity index is 1010. The molecule has 2 heterocycles. The van der Waals surface area contributed by atoms with E-state index in [1.165, 1.54) is 6.92 Å². The smallest absolute Gasteiger partial charge is 0.258 e. The molecular weight excluding hydrogens is 459 g/mol. The highest BCUT2D eigenvalue weighted by Crippen LogP contribution is 2.20. The van der Waals surface area contributed by atoms with E-state index in [-0.39, 0.29) is 17.8 Å². The standard InChI is InChI=1S/C18H15IN6O2/c1-10-21-16(15-5-3-4-8-20-15)24-18(22-10)25-17(27)12-6-7-14(13(19)9-12)23-11(2)26/h3-9H,1-2H3,(H,23,26)(H,21,22,24,25,27). The fourth-order valence-corrected chi connectivity index (χ4v) is 2.92. The Labute approximate surface area is 169 Å². The number of carbonyl (C=O) groups is 2. The van der Waals surface area contributed by atoms with Gasteiger partial charge in [0.15, 0.2) is 5.82 Å². The first-order chi connectivity index (χ1) is 12.9. The summed E-state index contributed by atoms with van der Waals surface area (Å²) < 4.78 is 0.747. The van der Waals surface area contributed by atoms with Crippen molar-refractivity contribution in [3.63, 3.8) is 0 Å². The number of halogens is 1. The number of aromatic nitrogens is 4. The first-order valence-corrected chi connectivity index (χ1v) is 9.03. The molecule has 0 radical (unpaired) electrons. The first-order valence-electron chi connectivity index (χ1n) is 7.95. The van der Waals surface area contributed by atoms with Crippen molar-refractivity contribution in [1.82, 2.24) is 19.9 Å². The van der Waals surface area contributed by atoms with Gasteiger partial charge in [0.25, 0.3) is 5.91 Å². The van der Waals surface area contributed by atoms with E-state index in [1.807, 2.05) is 6.07 Å². The molecule has 1 aromatic carbocycles. The molecule has 2 N–H and O–H groups in total. The molecule has 0 aliphatic heterocycles. The molecule has 3 rings (SSSR count). The van der Waals surface area contributed by atoms with Crippen LogP contribution in [0.1, 0.15) is 23.1 Å². The molecule has 0 saturated heterocycles. The van der Waals surface area contributed by atoms with Crippen LogP contribution in [0.4, 0.5) is 11.6 Å². The summed E-state index contributed by atoms with van der Waals surface area (Å²) in [5.74, 6) is 0.465. The summed E-state index contributed by atoms with van der Waals surface area (Å²) in [6, 6.07) is 10.4. The zero-order chi connectivity index (χ0) is 19.4. The summed E-state index contributed by atoms with van der Waals surface area (Å²) >= 11 is 2.06. The quantitative estimate of drug-likeness (QED) is 0.563. The Kier molecular flexibility index (Phi) is 5.69. The topological polar surface area (TPSA) is 110 Å². The van der Waals surface area contributed by atoms with Gasteiger partial charge in [-0.3, -0.25) is 19.9 Å². The Morgan fingerprint density at radius 1 is 1.04 bits per heavy atom. The van der Waals surface area contributed by atoms with Gasteiger partial charge in [0.05, 0.1) is 5.69 Å². The second-order valence-electron chi connectivity index (χ2n) is 5.57. The van der Waals surface area contributed by atoms with Gasteiger partial charge in [-0.2, -0.15) is 9.97 Å². The lowest BCUT2D eigenvalue weighted by Crippen LogP contribution is -2.16. The van der Waals surface area contributed by atoms with Crippen LogP contribution in [0.5, 0.6) is 0 Å². The summed E-state index contributed by atoms with van der Waals surface area (Å²) in [7, 11) is 0. The van der Waals surface area contributed by atoms with Crippen LogP contribution in [0.3, 0.4) is 0 Å². The van der Waals surface area contributed by atoms with Crippen molar-refractivity contribution in [3.05, 3.63) is 57.6 Å². The highest BCUT2D eigenvalue weighted by atomic mass is 127. The fraction of sp³-hybridized carbons (Fsp3) is 0.111. The third-order valence-electron chi connectivity index (χ3n) is 3.41. The predicted molar refractivity (Wildman–Crippen MR) is 109 cm³/mol. The summed E-state index contributed by atoms with van der Waals surface area (Å²) in [4.78, 5) is 40.6. The third kappa shape index (κ3) is 4.82. The fourth-order valence-electron chi connectivity index (χ4n) is 2.27. The van der Waals surface area contributed by atoms with E-state index in [0.717, 1.165) is 3.57 Å². The number of anilines is 2. The van der Waals surface area contributed by atoms with E-state index in [9.17, 15) is 9.59 Å². The number of hydrogen-bond donors (Lipinski definition) is 2. The number of pyridine rings is 1. The molecule has 0 saturated carbocycles. The SMILES string of the molecule is CC(=O)Nc1ccc(C(=O)Nc2nc(C)nc(-c3ccccn3)n2)cc1I. The number of carbonyl (C=O) groups excluding carboxylic acids is 2. The molecule has 0 unspecified atom stereocenters. The minimum Gasteiger partial charge on any atom is -0.325 e. The molecule has 3 aromatic rings. The molecule has 27 heavy (non-hydrogen) atoms. The third-order valence-corrected chi connectivity index (χ3v) is 4.30. The molecule has 0 bridgehead atoms. The van der Waals surface area contributed by atoms with Gasteiger partial charge in [-0.25, -0.2) is 4.98 Å².